The lowest BCUT2D eigenvalue weighted by atomic mass is 9.82. The monoisotopic (exact) mass is 458 g/mol. The predicted molar refractivity (Wildman–Crippen MR) is 112 cm³/mol. The van der Waals surface area contributed by atoms with Gasteiger partial charge in [0.15, 0.2) is 11.6 Å². The molecule has 0 fully saturated rings. The van der Waals surface area contributed by atoms with E-state index in [9.17, 15) is 27.6 Å². The van der Waals surface area contributed by atoms with Crippen LogP contribution in [-0.4, -0.2) is 31.8 Å². The molecule has 0 aliphatic carbocycles. The van der Waals surface area contributed by atoms with Crippen molar-refractivity contribution in [1.82, 2.24) is 14.8 Å². The van der Waals surface area contributed by atoms with Crippen LogP contribution in [-0.2, 0) is 16.6 Å². The number of alkyl halides is 2. The number of H-pyrrole nitrogens is 1. The van der Waals surface area contributed by atoms with Crippen molar-refractivity contribution in [1.29, 1.82) is 5.26 Å². The van der Waals surface area contributed by atoms with Crippen LogP contribution in [0.25, 0.3) is 27.5 Å². The second-order valence-corrected chi connectivity index (χ2v) is 8.49. The third-order valence-corrected chi connectivity index (χ3v) is 5.67. The van der Waals surface area contributed by atoms with Gasteiger partial charge in [0.1, 0.15) is 0 Å². The zero-order valence-corrected chi connectivity index (χ0v) is 17.6. The second kappa shape index (κ2) is 7.62. The van der Waals surface area contributed by atoms with Crippen molar-refractivity contribution in [2.24, 2.45) is 0 Å². The number of nitrogens with one attached hydrogen (secondary N) is 1. The van der Waals surface area contributed by atoms with E-state index >= 15 is 0 Å². The maximum atomic E-state index is 14.5. The maximum Gasteiger partial charge on any atom is 0.374 e. The molecule has 0 aliphatic heterocycles. The summed E-state index contributed by atoms with van der Waals surface area (Å²) < 4.78 is 58.3. The van der Waals surface area contributed by atoms with Gasteiger partial charge in [-0.2, -0.15) is 19.1 Å². The van der Waals surface area contributed by atoms with Gasteiger partial charge in [0.05, 0.1) is 29.7 Å². The van der Waals surface area contributed by atoms with Gasteiger partial charge < -0.3 is 9.67 Å². The van der Waals surface area contributed by atoms with Crippen LogP contribution >= 0.6 is 0 Å². The molecule has 2 aromatic carbocycles. The van der Waals surface area contributed by atoms with Gasteiger partial charge in [0, 0.05) is 40.1 Å². The van der Waals surface area contributed by atoms with Gasteiger partial charge in [-0.3, -0.25) is 5.10 Å². The van der Waals surface area contributed by atoms with E-state index in [2.05, 4.69) is 10.2 Å². The van der Waals surface area contributed by atoms with Crippen LogP contribution in [0.3, 0.4) is 0 Å². The molecule has 2 heterocycles. The highest BCUT2D eigenvalue weighted by Crippen LogP contribution is 2.42. The van der Waals surface area contributed by atoms with Gasteiger partial charge in [-0.05, 0) is 29.8 Å². The molecule has 0 saturated carbocycles. The Morgan fingerprint density at radius 2 is 1.94 bits per heavy atom. The Morgan fingerprint density at radius 3 is 2.58 bits per heavy atom. The maximum absolute atomic E-state index is 14.5. The van der Waals surface area contributed by atoms with E-state index in [-0.39, 0.29) is 23.4 Å². The summed E-state index contributed by atoms with van der Waals surface area (Å²) in [4.78, 5) is 11.3. The number of carboxylic acid groups (broad SMARTS) is 1. The number of aliphatic carboxylic acids is 1. The summed E-state index contributed by atoms with van der Waals surface area (Å²) in [5.74, 6) is -8.61. The smallest absolute Gasteiger partial charge is 0.374 e. The van der Waals surface area contributed by atoms with E-state index in [1.54, 1.807) is 26.0 Å². The van der Waals surface area contributed by atoms with Crippen molar-refractivity contribution in [3.05, 3.63) is 59.4 Å². The van der Waals surface area contributed by atoms with E-state index in [4.69, 9.17) is 5.11 Å². The van der Waals surface area contributed by atoms with E-state index < -0.39 is 35.4 Å². The number of rotatable bonds is 6. The molecule has 0 unspecified atom stereocenters. The van der Waals surface area contributed by atoms with E-state index in [0.717, 1.165) is 12.1 Å². The summed E-state index contributed by atoms with van der Waals surface area (Å²) in [5, 5.41) is 26.1. The largest absolute Gasteiger partial charge is 0.477 e. The van der Waals surface area contributed by atoms with Gasteiger partial charge in [-0.25, -0.2) is 13.6 Å². The van der Waals surface area contributed by atoms with Gasteiger partial charge in [0.25, 0.3) is 0 Å². The predicted octanol–water partition coefficient (Wildman–Crippen LogP) is 5.24. The minimum absolute atomic E-state index is 0.00103. The summed E-state index contributed by atoms with van der Waals surface area (Å²) in [7, 11) is 0. The SMILES string of the molecule is CC(C)(CC#N)c1c(CC(F)(F)C(=O)O)c2cc3[nH]ncc3cc2n1-c1ccc(F)c(F)c1. The third kappa shape index (κ3) is 3.69. The average molecular weight is 458 g/mol. The number of fused-ring (bicyclic) bond motifs is 2. The standard InChI is InChI=1S/C23H18F4N4O2/c1-22(2,5-6-28)20-15(10-23(26,27)21(32)33)14-9-18-12(11-29-30-18)7-19(14)31(20)13-3-4-16(24)17(25)8-13/h3-4,7-9,11H,5,10H2,1-2H3,(H,29,30)(H,32,33). The minimum atomic E-state index is -4.10. The van der Waals surface area contributed by atoms with Crippen LogP contribution < -0.4 is 0 Å². The molecule has 0 radical (unpaired) electrons. The normalized spacial score (nSPS) is 12.4. The number of halogens is 4. The molecule has 10 heteroatoms. The Morgan fingerprint density at radius 1 is 1.21 bits per heavy atom. The lowest BCUT2D eigenvalue weighted by molar-refractivity contribution is -0.164. The second-order valence-electron chi connectivity index (χ2n) is 8.49. The zero-order chi connectivity index (χ0) is 24.1. The Bertz CT molecular complexity index is 1450. The Kier molecular flexibility index (Phi) is 5.16. The molecule has 170 valence electrons. The van der Waals surface area contributed by atoms with Crippen LogP contribution in [0.15, 0.2) is 36.5 Å². The molecule has 2 N–H and O–H groups in total. The van der Waals surface area contributed by atoms with Crippen molar-refractivity contribution in [2.75, 3.05) is 0 Å². The molecule has 0 bridgehead atoms. The Hall–Kier alpha value is -3.87. The number of carboxylic acids is 1. The van der Waals surface area contributed by atoms with Gasteiger partial charge >= 0.3 is 11.9 Å². The topological polar surface area (TPSA) is 94.7 Å². The fourth-order valence-corrected chi connectivity index (χ4v) is 4.15. The van der Waals surface area contributed by atoms with Crippen LogP contribution in [0.2, 0.25) is 0 Å². The first kappa shape index (κ1) is 22.3. The fraction of sp³-hybridized carbons (Fsp3) is 0.261. The number of nitriles is 1. The van der Waals surface area contributed by atoms with Gasteiger partial charge in [-0.1, -0.05) is 13.8 Å². The molecule has 0 spiro atoms. The van der Waals surface area contributed by atoms with Crippen molar-refractivity contribution >= 4 is 27.8 Å². The lowest BCUT2D eigenvalue weighted by Gasteiger charge is -2.27. The summed E-state index contributed by atoms with van der Waals surface area (Å²) >= 11 is 0. The molecule has 0 aliphatic rings. The highest BCUT2D eigenvalue weighted by Gasteiger charge is 2.43. The van der Waals surface area contributed by atoms with Gasteiger partial charge in [-0.15, -0.1) is 0 Å². The zero-order valence-electron chi connectivity index (χ0n) is 17.6. The lowest BCUT2D eigenvalue weighted by Crippen LogP contribution is -2.32. The highest BCUT2D eigenvalue weighted by atomic mass is 19.3. The number of benzene rings is 2. The van der Waals surface area contributed by atoms with Crippen LogP contribution in [0.5, 0.6) is 0 Å². The molecular weight excluding hydrogens is 440 g/mol. The number of carbonyl (C=O) groups is 1. The van der Waals surface area contributed by atoms with Crippen LogP contribution in [0.4, 0.5) is 17.6 Å². The third-order valence-electron chi connectivity index (χ3n) is 5.67. The van der Waals surface area contributed by atoms with Crippen molar-refractivity contribution < 1.29 is 27.5 Å². The molecule has 0 saturated heterocycles. The first-order valence-electron chi connectivity index (χ1n) is 9.91. The Balaban J connectivity index is 2.18. The van der Waals surface area contributed by atoms with Gasteiger partial charge in [0.2, 0.25) is 0 Å². The average Bonchev–Trinajstić information content (AvgIpc) is 3.30. The molecular formula is C23H18F4N4O2. The number of hydrogen-bond acceptors (Lipinski definition) is 3. The first-order chi connectivity index (χ1) is 15.5. The molecule has 6 nitrogen and oxygen atoms in total. The highest BCUT2D eigenvalue weighted by molar-refractivity contribution is 5.99. The van der Waals surface area contributed by atoms with Crippen LogP contribution in [0.1, 0.15) is 31.5 Å². The Labute approximate surface area is 185 Å². The first-order valence-corrected chi connectivity index (χ1v) is 9.91. The van der Waals surface area contributed by atoms with E-state index in [1.807, 2.05) is 6.07 Å². The molecule has 2 aromatic heterocycles. The summed E-state index contributed by atoms with van der Waals surface area (Å²) in [5.41, 5.74) is 0.203. The summed E-state index contributed by atoms with van der Waals surface area (Å²) in [6, 6.07) is 8.37. The fourth-order valence-electron chi connectivity index (χ4n) is 4.15. The molecule has 0 amide bonds. The number of nitrogens with zero attached hydrogens (tertiary/aromatic N) is 3. The van der Waals surface area contributed by atoms with E-state index in [0.29, 0.717) is 21.8 Å². The number of aromatic nitrogens is 3. The summed E-state index contributed by atoms with van der Waals surface area (Å²) in [6.45, 7) is 3.30. The van der Waals surface area contributed by atoms with Crippen molar-refractivity contribution in [3.63, 3.8) is 0 Å². The number of aromatic amines is 1. The van der Waals surface area contributed by atoms with Crippen LogP contribution in [0, 0.1) is 23.0 Å². The van der Waals surface area contributed by atoms with Crippen molar-refractivity contribution in [3.8, 4) is 11.8 Å². The van der Waals surface area contributed by atoms with Crippen molar-refractivity contribution in [2.45, 2.75) is 38.0 Å². The minimum Gasteiger partial charge on any atom is -0.477 e. The quantitative estimate of drug-likeness (QED) is 0.387. The summed E-state index contributed by atoms with van der Waals surface area (Å²) in [6.07, 6.45) is 0.264. The molecule has 33 heavy (non-hydrogen) atoms. The van der Waals surface area contributed by atoms with E-state index in [1.165, 1.54) is 16.8 Å². The molecule has 0 atom stereocenters. The number of hydrogen-bond donors (Lipinski definition) is 2. The molecule has 4 aromatic rings. The molecule has 4 rings (SSSR count).